The Morgan fingerprint density at radius 3 is 2.36 bits per heavy atom. The number of rotatable bonds is 3. The summed E-state index contributed by atoms with van der Waals surface area (Å²) >= 11 is 0. The van der Waals surface area contributed by atoms with Gasteiger partial charge in [-0.3, -0.25) is 4.79 Å². The molecule has 4 nitrogen and oxygen atoms in total. The minimum absolute atomic E-state index is 0.114. The Balaban J connectivity index is 1.96. The molecular weight excluding hydrogens is 280 g/mol. The quantitative estimate of drug-likeness (QED) is 0.811. The predicted octanol–water partition coefficient (Wildman–Crippen LogP) is 3.63. The molecule has 22 heavy (non-hydrogen) atoms. The summed E-state index contributed by atoms with van der Waals surface area (Å²) < 4.78 is 16.1. The minimum atomic E-state index is -0.114. The van der Waals surface area contributed by atoms with Crippen LogP contribution in [0.5, 0.6) is 17.2 Å². The van der Waals surface area contributed by atoms with Crippen molar-refractivity contribution >= 4 is 11.9 Å². The molecule has 1 aliphatic rings. The summed E-state index contributed by atoms with van der Waals surface area (Å²) in [6, 6.07) is 10.9. The number of hydrogen-bond acceptors (Lipinski definition) is 4. The number of allylic oxidation sites excluding steroid dienone is 1. The van der Waals surface area contributed by atoms with Crippen molar-refractivity contribution in [2.45, 2.75) is 6.92 Å². The molecule has 0 amide bonds. The molecule has 4 heteroatoms. The van der Waals surface area contributed by atoms with Crippen LogP contribution in [-0.2, 0) is 0 Å². The van der Waals surface area contributed by atoms with Crippen molar-refractivity contribution in [1.82, 2.24) is 0 Å². The zero-order chi connectivity index (χ0) is 15.7. The highest BCUT2D eigenvalue weighted by molar-refractivity contribution is 6.14. The van der Waals surface area contributed by atoms with Gasteiger partial charge in [0, 0.05) is 5.56 Å². The molecule has 1 aliphatic heterocycles. The maximum absolute atomic E-state index is 12.4. The van der Waals surface area contributed by atoms with Crippen molar-refractivity contribution in [3.63, 3.8) is 0 Å². The Labute approximate surface area is 128 Å². The van der Waals surface area contributed by atoms with Crippen molar-refractivity contribution in [2.24, 2.45) is 0 Å². The SMILES string of the molecule is COc1ccc(C=C2Oc3c(ccc(OC)c3C)C2=O)cc1. The number of methoxy groups -OCH3 is 2. The molecule has 3 rings (SSSR count). The van der Waals surface area contributed by atoms with Gasteiger partial charge < -0.3 is 14.2 Å². The van der Waals surface area contributed by atoms with Crippen molar-refractivity contribution in [2.75, 3.05) is 14.2 Å². The third-order valence-electron chi connectivity index (χ3n) is 3.67. The van der Waals surface area contributed by atoms with Crippen LogP contribution in [0.3, 0.4) is 0 Å². The van der Waals surface area contributed by atoms with Gasteiger partial charge in [0.1, 0.15) is 17.2 Å². The van der Waals surface area contributed by atoms with E-state index in [1.807, 2.05) is 31.2 Å². The molecule has 0 fully saturated rings. The molecule has 0 radical (unpaired) electrons. The molecule has 1 heterocycles. The summed E-state index contributed by atoms with van der Waals surface area (Å²) in [7, 11) is 3.21. The fourth-order valence-corrected chi connectivity index (χ4v) is 2.44. The average molecular weight is 296 g/mol. The highest BCUT2D eigenvalue weighted by Crippen LogP contribution is 2.39. The lowest BCUT2D eigenvalue weighted by Crippen LogP contribution is -1.97. The zero-order valence-electron chi connectivity index (χ0n) is 12.7. The van der Waals surface area contributed by atoms with E-state index in [-0.39, 0.29) is 5.78 Å². The monoisotopic (exact) mass is 296 g/mol. The summed E-state index contributed by atoms with van der Waals surface area (Å²) in [6.07, 6.45) is 1.73. The molecule has 112 valence electrons. The average Bonchev–Trinajstić information content (AvgIpc) is 2.86. The van der Waals surface area contributed by atoms with Crippen molar-refractivity contribution in [3.8, 4) is 17.2 Å². The Bertz CT molecular complexity index is 757. The van der Waals surface area contributed by atoms with E-state index >= 15 is 0 Å². The van der Waals surface area contributed by atoms with E-state index in [2.05, 4.69) is 0 Å². The van der Waals surface area contributed by atoms with Crippen molar-refractivity contribution in [1.29, 1.82) is 0 Å². The second-order valence-electron chi connectivity index (χ2n) is 4.98. The molecular formula is C18H16O4. The van der Waals surface area contributed by atoms with Crippen LogP contribution in [-0.4, -0.2) is 20.0 Å². The van der Waals surface area contributed by atoms with Crippen LogP contribution in [0, 0.1) is 6.92 Å². The van der Waals surface area contributed by atoms with Gasteiger partial charge in [-0.2, -0.15) is 0 Å². The zero-order valence-corrected chi connectivity index (χ0v) is 12.7. The van der Waals surface area contributed by atoms with Gasteiger partial charge in [0.15, 0.2) is 5.76 Å². The number of carbonyl (C=O) groups is 1. The van der Waals surface area contributed by atoms with Crippen LogP contribution in [0.15, 0.2) is 42.2 Å². The van der Waals surface area contributed by atoms with Gasteiger partial charge in [0.25, 0.3) is 0 Å². The second kappa shape index (κ2) is 5.56. The van der Waals surface area contributed by atoms with Gasteiger partial charge in [-0.15, -0.1) is 0 Å². The van der Waals surface area contributed by atoms with E-state index in [0.717, 1.165) is 16.9 Å². The summed E-state index contributed by atoms with van der Waals surface area (Å²) in [5, 5.41) is 0. The topological polar surface area (TPSA) is 44.8 Å². The summed E-state index contributed by atoms with van der Waals surface area (Å²) in [4.78, 5) is 12.4. The molecule has 0 N–H and O–H groups in total. The number of carbonyl (C=O) groups excluding carboxylic acids is 1. The van der Waals surface area contributed by atoms with Gasteiger partial charge in [-0.1, -0.05) is 12.1 Å². The van der Waals surface area contributed by atoms with Gasteiger partial charge in [-0.05, 0) is 42.8 Å². The van der Waals surface area contributed by atoms with Gasteiger partial charge in [0.05, 0.1) is 19.8 Å². The highest BCUT2D eigenvalue weighted by atomic mass is 16.5. The number of fused-ring (bicyclic) bond motifs is 1. The maximum Gasteiger partial charge on any atom is 0.231 e. The molecule has 0 aliphatic carbocycles. The Morgan fingerprint density at radius 1 is 1.00 bits per heavy atom. The van der Waals surface area contributed by atoms with Crippen LogP contribution in [0.1, 0.15) is 21.5 Å². The highest BCUT2D eigenvalue weighted by Gasteiger charge is 2.29. The molecule has 0 saturated heterocycles. The van der Waals surface area contributed by atoms with Gasteiger partial charge in [0.2, 0.25) is 5.78 Å². The third-order valence-corrected chi connectivity index (χ3v) is 3.67. The van der Waals surface area contributed by atoms with E-state index in [9.17, 15) is 4.79 Å². The number of ketones is 1. The molecule has 0 saturated carbocycles. The number of benzene rings is 2. The smallest absolute Gasteiger partial charge is 0.231 e. The number of hydrogen-bond donors (Lipinski definition) is 0. The first-order valence-electron chi connectivity index (χ1n) is 6.90. The Kier molecular flexibility index (Phi) is 3.59. The van der Waals surface area contributed by atoms with E-state index < -0.39 is 0 Å². The first kappa shape index (κ1) is 14.2. The van der Waals surface area contributed by atoms with Crippen molar-refractivity contribution < 1.29 is 19.0 Å². The Hall–Kier alpha value is -2.75. The normalized spacial score (nSPS) is 14.7. The number of Topliss-reactive ketones (excluding diaryl/α,β-unsaturated/α-hetero) is 1. The van der Waals surface area contributed by atoms with Crippen LogP contribution in [0.2, 0.25) is 0 Å². The summed E-state index contributed by atoms with van der Waals surface area (Å²) in [5.41, 5.74) is 2.27. The Morgan fingerprint density at radius 2 is 1.73 bits per heavy atom. The molecule has 0 spiro atoms. The fraction of sp³-hybridized carbons (Fsp3) is 0.167. The van der Waals surface area contributed by atoms with Crippen LogP contribution in [0.4, 0.5) is 0 Å². The molecule has 0 aromatic heterocycles. The largest absolute Gasteiger partial charge is 0.497 e. The molecule has 0 unspecified atom stereocenters. The molecule has 2 aromatic carbocycles. The molecule has 0 atom stereocenters. The maximum atomic E-state index is 12.4. The van der Waals surface area contributed by atoms with Crippen molar-refractivity contribution in [3.05, 3.63) is 58.8 Å². The van der Waals surface area contributed by atoms with Gasteiger partial charge in [-0.25, -0.2) is 0 Å². The summed E-state index contributed by atoms with van der Waals surface area (Å²) in [5.74, 6) is 2.25. The fourth-order valence-electron chi connectivity index (χ4n) is 2.44. The second-order valence-corrected chi connectivity index (χ2v) is 4.98. The van der Waals surface area contributed by atoms with Crippen LogP contribution < -0.4 is 14.2 Å². The lowest BCUT2D eigenvalue weighted by atomic mass is 10.1. The first-order chi connectivity index (χ1) is 10.6. The molecule has 0 bridgehead atoms. The first-order valence-corrected chi connectivity index (χ1v) is 6.90. The third kappa shape index (κ3) is 2.33. The lowest BCUT2D eigenvalue weighted by molar-refractivity contribution is 0.101. The van der Waals surface area contributed by atoms with E-state index in [1.165, 1.54) is 0 Å². The number of ether oxygens (including phenoxy) is 3. The minimum Gasteiger partial charge on any atom is -0.497 e. The van der Waals surface area contributed by atoms with Crippen LogP contribution >= 0.6 is 0 Å². The van der Waals surface area contributed by atoms with Gasteiger partial charge >= 0.3 is 0 Å². The standard InChI is InChI=1S/C18H16O4/c1-11-15(21-3)9-8-14-17(19)16(22-18(11)14)10-12-4-6-13(20-2)7-5-12/h4-10H,1-3H3. The van der Waals surface area contributed by atoms with E-state index in [4.69, 9.17) is 14.2 Å². The van der Waals surface area contributed by atoms with E-state index in [1.54, 1.807) is 32.4 Å². The predicted molar refractivity (Wildman–Crippen MR) is 83.7 cm³/mol. The molecule has 2 aromatic rings. The van der Waals surface area contributed by atoms with Crippen LogP contribution in [0.25, 0.3) is 6.08 Å². The summed E-state index contributed by atoms with van der Waals surface area (Å²) in [6.45, 7) is 1.88. The van der Waals surface area contributed by atoms with E-state index in [0.29, 0.717) is 22.8 Å². The lowest BCUT2D eigenvalue weighted by Gasteiger charge is -2.07.